The summed E-state index contributed by atoms with van der Waals surface area (Å²) in [4.78, 5) is 37.5. The van der Waals surface area contributed by atoms with E-state index in [1.165, 1.54) is 18.2 Å². The van der Waals surface area contributed by atoms with E-state index in [1.54, 1.807) is 0 Å². The van der Waals surface area contributed by atoms with Crippen molar-refractivity contribution in [2.45, 2.75) is 18.4 Å². The molecular weight excluding hydrogens is 432 g/mol. The highest BCUT2D eigenvalue weighted by molar-refractivity contribution is 7.84. The number of nitrogens with zero attached hydrogens (tertiary/aromatic N) is 1. The Morgan fingerprint density at radius 3 is 2.19 bits per heavy atom. The molecular formula is C23H26N2O6S. The highest BCUT2D eigenvalue weighted by atomic mass is 32.2. The van der Waals surface area contributed by atoms with Crippen LogP contribution < -0.4 is 5.32 Å². The van der Waals surface area contributed by atoms with Crippen LogP contribution in [0.2, 0.25) is 0 Å². The largest absolute Gasteiger partial charge is 0.481 e. The second-order valence-corrected chi connectivity index (χ2v) is 9.21. The number of carboxylic acids is 1. The number of aliphatic carboxylic acids is 1. The molecule has 0 saturated carbocycles. The zero-order chi connectivity index (χ0) is 23.3. The van der Waals surface area contributed by atoms with Gasteiger partial charge in [0.2, 0.25) is 5.91 Å². The van der Waals surface area contributed by atoms with Gasteiger partial charge in [0, 0.05) is 42.3 Å². The molecule has 0 fully saturated rings. The van der Waals surface area contributed by atoms with Crippen LogP contribution in [0.1, 0.15) is 23.5 Å². The van der Waals surface area contributed by atoms with E-state index in [0.717, 1.165) is 22.3 Å². The van der Waals surface area contributed by atoms with Crippen LogP contribution in [-0.2, 0) is 25.1 Å². The molecule has 2 N–H and O–H groups in total. The average Bonchev–Trinajstić information content (AvgIpc) is 3.08. The van der Waals surface area contributed by atoms with Crippen LogP contribution in [0.15, 0.2) is 48.5 Å². The van der Waals surface area contributed by atoms with E-state index in [9.17, 15) is 18.6 Å². The molecule has 0 aliphatic heterocycles. The number of amides is 2. The Balaban J connectivity index is 1.66. The number of nitrogens with one attached hydrogen (secondary N) is 1. The minimum atomic E-state index is -1.28. The third-order valence-electron chi connectivity index (χ3n) is 5.40. The molecule has 9 heteroatoms. The molecule has 32 heavy (non-hydrogen) atoms. The summed E-state index contributed by atoms with van der Waals surface area (Å²) in [6.07, 6.45) is 0.0730. The van der Waals surface area contributed by atoms with Gasteiger partial charge in [-0.1, -0.05) is 48.5 Å². The molecule has 3 rings (SSSR count). The monoisotopic (exact) mass is 458 g/mol. The predicted molar refractivity (Wildman–Crippen MR) is 121 cm³/mol. The van der Waals surface area contributed by atoms with Crippen molar-refractivity contribution in [3.63, 3.8) is 0 Å². The lowest BCUT2D eigenvalue weighted by atomic mass is 9.98. The fourth-order valence-corrected chi connectivity index (χ4v) is 4.33. The molecule has 2 aromatic carbocycles. The van der Waals surface area contributed by atoms with E-state index in [4.69, 9.17) is 9.84 Å². The van der Waals surface area contributed by atoms with E-state index in [2.05, 4.69) is 5.32 Å². The van der Waals surface area contributed by atoms with Gasteiger partial charge in [0.05, 0.1) is 6.42 Å². The molecule has 2 aromatic rings. The van der Waals surface area contributed by atoms with Gasteiger partial charge in [-0.2, -0.15) is 0 Å². The second-order valence-electron chi connectivity index (χ2n) is 7.66. The standard InChI is InChI=1S/C23H26N2O6S/c1-25(11-12-32(2)30)22(28)20(13-21(26)27)24-23(29)31-14-19-17-9-5-3-7-15(17)16-8-4-6-10-18(16)19/h3-10,19-20H,11-14H2,1-2H3,(H,24,29)(H,26,27). The molecule has 0 heterocycles. The number of hydrogen-bond donors (Lipinski definition) is 2. The van der Waals surface area contributed by atoms with Gasteiger partial charge in [-0.3, -0.25) is 13.8 Å². The maximum absolute atomic E-state index is 12.6. The van der Waals surface area contributed by atoms with Crippen molar-refractivity contribution < 1.29 is 28.4 Å². The summed E-state index contributed by atoms with van der Waals surface area (Å²) in [5.41, 5.74) is 4.27. The number of fused-ring (bicyclic) bond motifs is 3. The molecule has 8 nitrogen and oxygen atoms in total. The van der Waals surface area contributed by atoms with E-state index in [0.29, 0.717) is 0 Å². The Hall–Kier alpha value is -3.20. The van der Waals surface area contributed by atoms with Gasteiger partial charge < -0.3 is 20.1 Å². The number of hydrogen-bond acceptors (Lipinski definition) is 5. The normalized spacial score (nSPS) is 14.1. The third-order valence-corrected chi connectivity index (χ3v) is 6.16. The summed E-state index contributed by atoms with van der Waals surface area (Å²) in [5.74, 6) is -1.70. The molecule has 0 saturated heterocycles. The maximum Gasteiger partial charge on any atom is 0.407 e. The molecule has 2 atom stereocenters. The van der Waals surface area contributed by atoms with E-state index in [1.807, 2.05) is 48.5 Å². The molecule has 2 amide bonds. The first-order chi connectivity index (χ1) is 15.3. The van der Waals surface area contributed by atoms with Crippen LogP contribution in [-0.4, -0.2) is 70.4 Å². The fraction of sp³-hybridized carbons (Fsp3) is 0.348. The lowest BCUT2D eigenvalue weighted by Gasteiger charge is -2.23. The number of likely N-dealkylation sites (N-methyl/N-ethyl adjacent to an activating group) is 1. The first-order valence-electron chi connectivity index (χ1n) is 10.2. The third kappa shape index (κ3) is 5.53. The van der Waals surface area contributed by atoms with Crippen molar-refractivity contribution >= 4 is 28.8 Å². The lowest BCUT2D eigenvalue weighted by Crippen LogP contribution is -2.49. The molecule has 0 bridgehead atoms. The number of benzene rings is 2. The molecule has 2 unspecified atom stereocenters. The SMILES string of the molecule is CN(CCS(C)=O)C(=O)C(CC(=O)O)NC(=O)OCC1c2ccccc2-c2ccccc21. The predicted octanol–water partition coefficient (Wildman–Crippen LogP) is 2.21. The Kier molecular flexibility index (Phi) is 7.63. The summed E-state index contributed by atoms with van der Waals surface area (Å²) < 4.78 is 16.7. The highest BCUT2D eigenvalue weighted by Crippen LogP contribution is 2.44. The van der Waals surface area contributed by atoms with Gasteiger partial charge in [-0.15, -0.1) is 0 Å². The van der Waals surface area contributed by atoms with Crippen LogP contribution in [0.5, 0.6) is 0 Å². The first kappa shape index (κ1) is 23.5. The highest BCUT2D eigenvalue weighted by Gasteiger charge is 2.31. The van der Waals surface area contributed by atoms with Gasteiger partial charge in [0.15, 0.2) is 0 Å². The van der Waals surface area contributed by atoms with Gasteiger partial charge in [-0.05, 0) is 22.3 Å². The number of alkyl carbamates (subject to hydrolysis) is 1. The van der Waals surface area contributed by atoms with Crippen molar-refractivity contribution in [1.29, 1.82) is 0 Å². The average molecular weight is 459 g/mol. The number of carboxylic acid groups (broad SMARTS) is 1. The molecule has 1 aliphatic rings. The Labute approximate surface area is 189 Å². The van der Waals surface area contributed by atoms with Crippen LogP contribution in [0.4, 0.5) is 4.79 Å². The quantitative estimate of drug-likeness (QED) is 0.596. The van der Waals surface area contributed by atoms with Gasteiger partial charge in [0.25, 0.3) is 0 Å². The van der Waals surface area contributed by atoms with Crippen LogP contribution in [0, 0.1) is 0 Å². The van der Waals surface area contributed by atoms with Crippen molar-refractivity contribution in [1.82, 2.24) is 10.2 Å². The molecule has 0 spiro atoms. The molecule has 170 valence electrons. The van der Waals surface area contributed by atoms with Gasteiger partial charge in [0.1, 0.15) is 12.6 Å². The van der Waals surface area contributed by atoms with Gasteiger partial charge in [-0.25, -0.2) is 4.79 Å². The minimum absolute atomic E-state index is 0.0541. The topological polar surface area (TPSA) is 113 Å². The number of rotatable bonds is 9. The van der Waals surface area contributed by atoms with Gasteiger partial charge >= 0.3 is 12.1 Å². The van der Waals surface area contributed by atoms with Crippen LogP contribution in [0.3, 0.4) is 0 Å². The van der Waals surface area contributed by atoms with Crippen molar-refractivity contribution in [3.8, 4) is 11.1 Å². The van der Waals surface area contributed by atoms with E-state index in [-0.39, 0.29) is 24.8 Å². The zero-order valence-corrected chi connectivity index (χ0v) is 18.8. The summed E-state index contributed by atoms with van der Waals surface area (Å²) >= 11 is 0. The maximum atomic E-state index is 12.6. The minimum Gasteiger partial charge on any atom is -0.481 e. The molecule has 0 aromatic heterocycles. The van der Waals surface area contributed by atoms with E-state index >= 15 is 0 Å². The number of carbonyl (C=O) groups is 3. The Morgan fingerprint density at radius 1 is 1.09 bits per heavy atom. The number of ether oxygens (including phenoxy) is 1. The summed E-state index contributed by atoms with van der Waals surface area (Å²) in [6.45, 7) is 0.239. The smallest absolute Gasteiger partial charge is 0.407 e. The second kappa shape index (κ2) is 10.4. The van der Waals surface area contributed by atoms with E-state index < -0.39 is 41.2 Å². The van der Waals surface area contributed by atoms with Crippen molar-refractivity contribution in [2.24, 2.45) is 0 Å². The van der Waals surface area contributed by atoms with Crippen LogP contribution in [0.25, 0.3) is 11.1 Å². The Bertz CT molecular complexity index is 995. The number of carbonyl (C=O) groups excluding carboxylic acids is 2. The van der Waals surface area contributed by atoms with Crippen molar-refractivity contribution in [2.75, 3.05) is 32.2 Å². The summed E-state index contributed by atoms with van der Waals surface area (Å²) in [5, 5.41) is 11.5. The first-order valence-corrected chi connectivity index (χ1v) is 11.9. The zero-order valence-electron chi connectivity index (χ0n) is 17.9. The summed E-state index contributed by atoms with van der Waals surface area (Å²) in [7, 11) is 0.375. The lowest BCUT2D eigenvalue weighted by molar-refractivity contribution is -0.142. The van der Waals surface area contributed by atoms with Crippen molar-refractivity contribution in [3.05, 3.63) is 59.7 Å². The fourth-order valence-electron chi connectivity index (χ4n) is 3.80. The molecule has 1 aliphatic carbocycles. The Morgan fingerprint density at radius 2 is 1.66 bits per heavy atom. The summed E-state index contributed by atoms with van der Waals surface area (Å²) in [6, 6.07) is 14.5. The van der Waals surface area contributed by atoms with Crippen LogP contribution >= 0.6 is 0 Å². The molecule has 0 radical (unpaired) electrons.